The molecule has 0 spiro atoms. The van der Waals surface area contributed by atoms with E-state index >= 15 is 0 Å². The monoisotopic (exact) mass is 449 g/mol. The van der Waals surface area contributed by atoms with Crippen LogP contribution in [0.2, 0.25) is 5.02 Å². The Kier molecular flexibility index (Phi) is 11.0. The summed E-state index contributed by atoms with van der Waals surface area (Å²) in [7, 11) is 0. The molecule has 31 heavy (non-hydrogen) atoms. The normalized spacial score (nSPS) is 12.9. The molecule has 0 saturated carbocycles. The van der Waals surface area contributed by atoms with E-state index in [1.807, 2.05) is 0 Å². The summed E-state index contributed by atoms with van der Waals surface area (Å²) < 4.78 is 10.8. The maximum absolute atomic E-state index is 12.7. The summed E-state index contributed by atoms with van der Waals surface area (Å²) in [6, 6.07) is 6.37. The number of allylic oxidation sites excluding steroid dienone is 2. The second kappa shape index (κ2) is 13.0. The van der Waals surface area contributed by atoms with Gasteiger partial charge in [-0.25, -0.2) is 0 Å². The Morgan fingerprint density at radius 2 is 1.77 bits per heavy atom. The van der Waals surface area contributed by atoms with Gasteiger partial charge in [-0.3, -0.25) is 14.4 Å². The highest BCUT2D eigenvalue weighted by atomic mass is 35.5. The summed E-state index contributed by atoms with van der Waals surface area (Å²) in [5, 5.41) is 3.42. The Morgan fingerprint density at radius 3 is 2.32 bits per heavy atom. The molecule has 0 aliphatic heterocycles. The van der Waals surface area contributed by atoms with Crippen molar-refractivity contribution >= 4 is 29.4 Å². The van der Waals surface area contributed by atoms with Crippen molar-refractivity contribution in [2.75, 3.05) is 6.61 Å². The number of amides is 1. The average molecular weight is 450 g/mol. The van der Waals surface area contributed by atoms with Crippen LogP contribution in [0.5, 0.6) is 0 Å². The van der Waals surface area contributed by atoms with E-state index < -0.39 is 29.5 Å². The molecule has 0 saturated heterocycles. The Labute approximate surface area is 189 Å². The van der Waals surface area contributed by atoms with Crippen molar-refractivity contribution in [3.8, 4) is 0 Å². The first kappa shape index (κ1) is 26.4. The lowest BCUT2D eigenvalue weighted by atomic mass is 10.0. The van der Waals surface area contributed by atoms with E-state index in [4.69, 9.17) is 21.1 Å². The van der Waals surface area contributed by atoms with E-state index in [1.165, 1.54) is 0 Å². The van der Waals surface area contributed by atoms with Crippen LogP contribution in [0.15, 0.2) is 49.6 Å². The average Bonchev–Trinajstić information content (AvgIpc) is 2.68. The van der Waals surface area contributed by atoms with Crippen molar-refractivity contribution in [1.82, 2.24) is 5.32 Å². The minimum atomic E-state index is -0.713. The van der Waals surface area contributed by atoms with Gasteiger partial charge in [0.2, 0.25) is 5.91 Å². The zero-order chi connectivity index (χ0) is 23.4. The molecule has 0 aromatic heterocycles. The molecule has 0 unspecified atom stereocenters. The van der Waals surface area contributed by atoms with E-state index in [9.17, 15) is 14.4 Å². The number of benzene rings is 1. The fourth-order valence-corrected chi connectivity index (χ4v) is 2.87. The van der Waals surface area contributed by atoms with Gasteiger partial charge in [-0.15, -0.1) is 13.2 Å². The number of hydrogen-bond donors (Lipinski definition) is 1. The maximum Gasteiger partial charge on any atom is 0.309 e. The number of hydrogen-bond acceptors (Lipinski definition) is 5. The third-order valence-electron chi connectivity index (χ3n) is 4.19. The Bertz CT molecular complexity index is 767. The summed E-state index contributed by atoms with van der Waals surface area (Å²) >= 11 is 5.95. The third-order valence-corrected chi connectivity index (χ3v) is 4.44. The first-order valence-corrected chi connectivity index (χ1v) is 10.6. The van der Waals surface area contributed by atoms with Gasteiger partial charge in [-0.05, 0) is 51.3 Å². The molecule has 0 heterocycles. The molecule has 0 aliphatic rings. The smallest absolute Gasteiger partial charge is 0.309 e. The second-order valence-electron chi connectivity index (χ2n) is 8.14. The summed E-state index contributed by atoms with van der Waals surface area (Å²) in [5.41, 5.74) is 0.103. The SMILES string of the molecule is C=CCCC(=O)N[C@@H](COC(=O)[C@@H](CC=C)CC(=O)OC(C)(C)C)c1ccc(Cl)cc1. The van der Waals surface area contributed by atoms with Crippen LogP contribution in [0.3, 0.4) is 0 Å². The van der Waals surface area contributed by atoms with Crippen molar-refractivity contribution in [2.24, 2.45) is 5.92 Å². The lowest BCUT2D eigenvalue weighted by molar-refractivity contribution is -0.161. The molecule has 0 radical (unpaired) electrons. The van der Waals surface area contributed by atoms with Crippen molar-refractivity contribution in [2.45, 2.75) is 58.1 Å². The highest BCUT2D eigenvalue weighted by Gasteiger charge is 2.27. The van der Waals surface area contributed by atoms with Gasteiger partial charge in [0.15, 0.2) is 0 Å². The van der Waals surface area contributed by atoms with Gasteiger partial charge in [0.25, 0.3) is 0 Å². The van der Waals surface area contributed by atoms with Gasteiger partial charge < -0.3 is 14.8 Å². The van der Waals surface area contributed by atoms with Gasteiger partial charge in [0.05, 0.1) is 18.4 Å². The van der Waals surface area contributed by atoms with E-state index in [2.05, 4.69) is 18.5 Å². The molecule has 0 bridgehead atoms. The summed E-state index contributed by atoms with van der Waals surface area (Å²) in [4.78, 5) is 37.0. The van der Waals surface area contributed by atoms with E-state index in [1.54, 1.807) is 57.2 Å². The van der Waals surface area contributed by atoms with Crippen LogP contribution in [-0.4, -0.2) is 30.1 Å². The van der Waals surface area contributed by atoms with Crippen molar-refractivity contribution < 1.29 is 23.9 Å². The maximum atomic E-state index is 12.7. The van der Waals surface area contributed by atoms with Crippen molar-refractivity contribution in [3.63, 3.8) is 0 Å². The van der Waals surface area contributed by atoms with E-state index in [0.29, 0.717) is 11.4 Å². The predicted octanol–water partition coefficient (Wildman–Crippen LogP) is 4.93. The lowest BCUT2D eigenvalue weighted by Gasteiger charge is -2.23. The molecule has 0 aliphatic carbocycles. The number of halogens is 1. The predicted molar refractivity (Wildman–Crippen MR) is 121 cm³/mol. The highest BCUT2D eigenvalue weighted by molar-refractivity contribution is 6.30. The number of nitrogens with one attached hydrogen (secondary N) is 1. The van der Waals surface area contributed by atoms with Gasteiger partial charge in [-0.2, -0.15) is 0 Å². The van der Waals surface area contributed by atoms with Crippen LogP contribution in [0, 0.1) is 5.92 Å². The molecule has 7 heteroatoms. The van der Waals surface area contributed by atoms with Crippen LogP contribution in [0.4, 0.5) is 0 Å². The zero-order valence-corrected chi connectivity index (χ0v) is 19.2. The van der Waals surface area contributed by atoms with Gasteiger partial charge in [0.1, 0.15) is 12.2 Å². The first-order valence-electron chi connectivity index (χ1n) is 10.2. The molecule has 1 rings (SSSR count). The molecule has 0 fully saturated rings. The summed E-state index contributed by atoms with van der Waals surface area (Å²) in [6.45, 7) is 12.5. The van der Waals surface area contributed by atoms with Crippen LogP contribution >= 0.6 is 11.6 Å². The quantitative estimate of drug-likeness (QED) is 0.361. The number of esters is 2. The number of carbonyl (C=O) groups is 3. The molecule has 1 N–H and O–H groups in total. The van der Waals surface area contributed by atoms with Gasteiger partial charge in [0, 0.05) is 11.4 Å². The number of ether oxygens (including phenoxy) is 2. The molecule has 1 amide bonds. The lowest BCUT2D eigenvalue weighted by Crippen LogP contribution is -2.33. The molecule has 1 aromatic rings. The topological polar surface area (TPSA) is 81.7 Å². The minimum absolute atomic E-state index is 0.0811. The first-order chi connectivity index (χ1) is 14.6. The molecule has 1 aromatic carbocycles. The second-order valence-corrected chi connectivity index (χ2v) is 8.58. The molecular formula is C24H32ClNO5. The van der Waals surface area contributed by atoms with E-state index in [0.717, 1.165) is 5.56 Å². The highest BCUT2D eigenvalue weighted by Crippen LogP contribution is 2.20. The van der Waals surface area contributed by atoms with Crippen molar-refractivity contribution in [1.29, 1.82) is 0 Å². The van der Waals surface area contributed by atoms with Crippen molar-refractivity contribution in [3.05, 3.63) is 60.2 Å². The number of carbonyl (C=O) groups excluding carboxylic acids is 3. The molecule has 2 atom stereocenters. The summed E-state index contributed by atoms with van der Waals surface area (Å²) in [5.74, 6) is -1.93. The fraction of sp³-hybridized carbons (Fsp3) is 0.458. The Balaban J connectivity index is 2.84. The zero-order valence-electron chi connectivity index (χ0n) is 18.5. The van der Waals surface area contributed by atoms with E-state index in [-0.39, 0.29) is 31.8 Å². The van der Waals surface area contributed by atoms with Gasteiger partial charge in [-0.1, -0.05) is 35.9 Å². The minimum Gasteiger partial charge on any atom is -0.463 e. The summed E-state index contributed by atoms with van der Waals surface area (Å²) in [6.07, 6.45) is 4.20. The van der Waals surface area contributed by atoms with Crippen LogP contribution < -0.4 is 5.32 Å². The third kappa shape index (κ3) is 10.8. The fourth-order valence-electron chi connectivity index (χ4n) is 2.75. The Morgan fingerprint density at radius 1 is 1.13 bits per heavy atom. The molecule has 6 nitrogen and oxygen atoms in total. The molecule has 170 valence electrons. The van der Waals surface area contributed by atoms with Crippen LogP contribution in [-0.2, 0) is 23.9 Å². The molecular weight excluding hydrogens is 418 g/mol. The van der Waals surface area contributed by atoms with Crippen LogP contribution in [0.1, 0.15) is 58.1 Å². The van der Waals surface area contributed by atoms with Gasteiger partial charge >= 0.3 is 11.9 Å². The van der Waals surface area contributed by atoms with Crippen LogP contribution in [0.25, 0.3) is 0 Å². The number of rotatable bonds is 12. The standard InChI is InChI=1S/C24H32ClNO5/c1-6-8-10-21(27)26-20(17-11-13-19(25)14-12-17)16-30-23(29)18(9-7-2)15-22(28)31-24(3,4)5/h6-7,11-14,18,20H,1-2,8-10,15-16H2,3-5H3,(H,26,27)/t18-,20-/m0/s1. The Hall–Kier alpha value is -2.60. The largest absolute Gasteiger partial charge is 0.463 e.